The maximum atomic E-state index is 12.7. The predicted molar refractivity (Wildman–Crippen MR) is 118 cm³/mol. The second-order valence-corrected chi connectivity index (χ2v) is 8.42. The van der Waals surface area contributed by atoms with Gasteiger partial charge in [0, 0.05) is 57.3 Å². The van der Waals surface area contributed by atoms with Crippen molar-refractivity contribution in [1.82, 2.24) is 14.7 Å². The first-order chi connectivity index (χ1) is 14.4. The van der Waals surface area contributed by atoms with E-state index < -0.39 is 0 Å². The summed E-state index contributed by atoms with van der Waals surface area (Å²) in [5.41, 5.74) is 4.74. The summed E-state index contributed by atoms with van der Waals surface area (Å²) in [6, 6.07) is 8.48. The topological polar surface area (TPSA) is 61.7 Å². The highest BCUT2D eigenvalue weighted by molar-refractivity contribution is 5.93. The van der Waals surface area contributed by atoms with Gasteiger partial charge in [-0.05, 0) is 44.4 Å². The summed E-state index contributed by atoms with van der Waals surface area (Å²) in [7, 11) is 0. The van der Waals surface area contributed by atoms with Crippen LogP contribution in [0.3, 0.4) is 0 Å². The molecule has 0 unspecified atom stereocenters. The van der Waals surface area contributed by atoms with Crippen LogP contribution in [0.5, 0.6) is 0 Å². The van der Waals surface area contributed by atoms with Gasteiger partial charge in [0.1, 0.15) is 5.82 Å². The molecule has 0 spiro atoms. The Morgan fingerprint density at radius 3 is 2.57 bits per heavy atom. The number of carbonyl (C=O) groups excluding carboxylic acids is 2. The third kappa shape index (κ3) is 4.20. The van der Waals surface area contributed by atoms with Crippen LogP contribution in [0.25, 0.3) is 0 Å². The Hall–Kier alpha value is -2.83. The van der Waals surface area contributed by atoms with Gasteiger partial charge in [-0.25, -0.2) is 4.68 Å². The molecule has 1 saturated heterocycles. The second-order valence-electron chi connectivity index (χ2n) is 8.42. The van der Waals surface area contributed by atoms with E-state index in [2.05, 4.69) is 42.0 Å². The fourth-order valence-electron chi connectivity index (χ4n) is 4.42. The minimum atomic E-state index is 0.122. The van der Waals surface area contributed by atoms with Gasteiger partial charge in [0.05, 0.1) is 12.2 Å². The monoisotopic (exact) mass is 409 g/mol. The van der Waals surface area contributed by atoms with Gasteiger partial charge in [0.25, 0.3) is 0 Å². The summed E-state index contributed by atoms with van der Waals surface area (Å²) < 4.78 is 1.89. The molecule has 1 fully saturated rings. The van der Waals surface area contributed by atoms with Crippen LogP contribution in [0.15, 0.2) is 24.3 Å². The van der Waals surface area contributed by atoms with Crippen molar-refractivity contribution in [2.45, 2.75) is 46.6 Å². The number of hydrogen-bond donors (Lipinski definition) is 0. The summed E-state index contributed by atoms with van der Waals surface area (Å²) in [6.45, 7) is 10.6. The van der Waals surface area contributed by atoms with Gasteiger partial charge < -0.3 is 9.80 Å². The number of aromatic nitrogens is 2. The average molecular weight is 410 g/mol. The molecule has 0 bridgehead atoms. The Kier molecular flexibility index (Phi) is 5.79. The highest BCUT2D eigenvalue weighted by Crippen LogP contribution is 2.24. The molecule has 1 aromatic carbocycles. The Morgan fingerprint density at radius 2 is 1.80 bits per heavy atom. The van der Waals surface area contributed by atoms with Gasteiger partial charge in [-0.2, -0.15) is 5.10 Å². The third-order valence-electron chi connectivity index (χ3n) is 6.11. The van der Waals surface area contributed by atoms with Crippen molar-refractivity contribution < 1.29 is 9.59 Å². The Morgan fingerprint density at radius 1 is 1.03 bits per heavy atom. The quantitative estimate of drug-likeness (QED) is 0.762. The van der Waals surface area contributed by atoms with Crippen LogP contribution in [0.2, 0.25) is 0 Å². The fourth-order valence-corrected chi connectivity index (χ4v) is 4.42. The van der Waals surface area contributed by atoms with Crippen molar-refractivity contribution in [2.24, 2.45) is 0 Å². The minimum Gasteiger partial charge on any atom is -0.368 e. The normalized spacial score (nSPS) is 16.8. The van der Waals surface area contributed by atoms with E-state index in [1.165, 1.54) is 16.8 Å². The molecule has 1 aromatic heterocycles. The summed E-state index contributed by atoms with van der Waals surface area (Å²) in [6.07, 6.45) is 1.62. The molecule has 0 radical (unpaired) electrons. The molecule has 0 saturated carbocycles. The molecular formula is C23H31N5O2. The molecule has 30 heavy (non-hydrogen) atoms. The smallest absolute Gasteiger partial charge is 0.229 e. The number of nitrogens with zero attached hydrogens (tertiary/aromatic N) is 5. The first kappa shape index (κ1) is 20.4. The molecule has 0 N–H and O–H groups in total. The average Bonchev–Trinajstić information content (AvgIpc) is 3.12. The van der Waals surface area contributed by atoms with Gasteiger partial charge in [0.2, 0.25) is 11.8 Å². The first-order valence-corrected chi connectivity index (χ1v) is 10.9. The van der Waals surface area contributed by atoms with E-state index in [4.69, 9.17) is 0 Å². The third-order valence-corrected chi connectivity index (χ3v) is 6.11. The standard InChI is InChI=1S/C23H31N5O2/c1-17-6-7-18(2)20(15-17)25-11-13-26(14-12-25)22(29)5-4-9-27-21-16-19(3)24-28(21)10-8-23(27)30/h6-7,15-16H,4-5,8-14H2,1-3H3. The van der Waals surface area contributed by atoms with Crippen molar-refractivity contribution in [3.63, 3.8) is 0 Å². The van der Waals surface area contributed by atoms with Gasteiger partial charge in [-0.1, -0.05) is 12.1 Å². The number of piperazine rings is 1. The van der Waals surface area contributed by atoms with Crippen molar-refractivity contribution in [3.8, 4) is 0 Å². The highest BCUT2D eigenvalue weighted by atomic mass is 16.2. The molecule has 7 nitrogen and oxygen atoms in total. The first-order valence-electron chi connectivity index (χ1n) is 10.9. The van der Waals surface area contributed by atoms with E-state index in [9.17, 15) is 9.59 Å². The lowest BCUT2D eigenvalue weighted by Gasteiger charge is -2.37. The van der Waals surface area contributed by atoms with Gasteiger partial charge in [-0.15, -0.1) is 0 Å². The summed E-state index contributed by atoms with van der Waals surface area (Å²) >= 11 is 0. The molecule has 2 aliphatic heterocycles. The lowest BCUT2D eigenvalue weighted by molar-refractivity contribution is -0.131. The Balaban J connectivity index is 1.28. The zero-order valence-electron chi connectivity index (χ0n) is 18.2. The molecule has 3 heterocycles. The van der Waals surface area contributed by atoms with Crippen molar-refractivity contribution in [1.29, 1.82) is 0 Å². The number of anilines is 2. The van der Waals surface area contributed by atoms with E-state index in [1.54, 1.807) is 4.90 Å². The number of hydrogen-bond acceptors (Lipinski definition) is 4. The molecule has 160 valence electrons. The number of carbonyl (C=O) groups is 2. The van der Waals surface area contributed by atoms with Gasteiger partial charge in [0.15, 0.2) is 0 Å². The predicted octanol–water partition coefficient (Wildman–Crippen LogP) is 2.67. The van der Waals surface area contributed by atoms with Crippen molar-refractivity contribution >= 4 is 23.3 Å². The molecule has 4 rings (SSSR count). The van der Waals surface area contributed by atoms with Crippen LogP contribution >= 0.6 is 0 Å². The van der Waals surface area contributed by atoms with Crippen molar-refractivity contribution in [3.05, 3.63) is 41.1 Å². The number of amides is 2. The zero-order chi connectivity index (χ0) is 21.3. The van der Waals surface area contributed by atoms with Crippen LogP contribution in [0.1, 0.15) is 36.1 Å². The van der Waals surface area contributed by atoms with Crippen molar-refractivity contribution in [2.75, 3.05) is 42.5 Å². The van der Waals surface area contributed by atoms with E-state index in [0.29, 0.717) is 32.4 Å². The maximum Gasteiger partial charge on any atom is 0.229 e. The molecule has 7 heteroatoms. The summed E-state index contributed by atoms with van der Waals surface area (Å²) in [5, 5.41) is 4.44. The zero-order valence-corrected chi connectivity index (χ0v) is 18.2. The molecule has 2 aromatic rings. The Labute approximate surface area is 178 Å². The lowest BCUT2D eigenvalue weighted by Crippen LogP contribution is -2.49. The lowest BCUT2D eigenvalue weighted by atomic mass is 10.1. The van der Waals surface area contributed by atoms with E-state index in [0.717, 1.165) is 37.7 Å². The Bertz CT molecular complexity index is 943. The number of fused-ring (bicyclic) bond motifs is 1. The second kappa shape index (κ2) is 8.50. The largest absolute Gasteiger partial charge is 0.368 e. The summed E-state index contributed by atoms with van der Waals surface area (Å²) in [5.74, 6) is 1.17. The SMILES string of the molecule is Cc1ccc(C)c(N2CCN(C(=O)CCCN3C(=O)CCn4nc(C)cc43)CC2)c1. The molecule has 0 aliphatic carbocycles. The van der Waals surface area contributed by atoms with Crippen LogP contribution in [-0.2, 0) is 16.1 Å². The number of rotatable bonds is 5. The van der Waals surface area contributed by atoms with E-state index >= 15 is 0 Å². The van der Waals surface area contributed by atoms with Crippen LogP contribution in [0.4, 0.5) is 11.5 Å². The maximum absolute atomic E-state index is 12.7. The van der Waals surface area contributed by atoms with E-state index in [1.807, 2.05) is 22.6 Å². The fraction of sp³-hybridized carbons (Fsp3) is 0.522. The van der Waals surface area contributed by atoms with Gasteiger partial charge >= 0.3 is 0 Å². The van der Waals surface area contributed by atoms with Crippen LogP contribution in [0, 0.1) is 20.8 Å². The molecule has 2 aliphatic rings. The van der Waals surface area contributed by atoms with Crippen LogP contribution < -0.4 is 9.80 Å². The number of aryl methyl sites for hydroxylation is 4. The molecule has 2 amide bonds. The van der Waals surface area contributed by atoms with Crippen LogP contribution in [-0.4, -0.2) is 59.2 Å². The summed E-state index contributed by atoms with van der Waals surface area (Å²) in [4.78, 5) is 31.2. The van der Waals surface area contributed by atoms with E-state index in [-0.39, 0.29) is 11.8 Å². The molecular weight excluding hydrogens is 378 g/mol. The number of benzene rings is 1. The highest BCUT2D eigenvalue weighted by Gasteiger charge is 2.26. The molecule has 0 atom stereocenters. The minimum absolute atomic E-state index is 0.122. The van der Waals surface area contributed by atoms with Gasteiger partial charge in [-0.3, -0.25) is 14.5 Å².